The molecule has 0 spiro atoms. The maximum atomic E-state index is 6.03. The smallest absolute Gasteiger partial charge is 0.123 e. The second-order valence-corrected chi connectivity index (χ2v) is 7.12. The summed E-state index contributed by atoms with van der Waals surface area (Å²) in [4.78, 5) is 0. The Morgan fingerprint density at radius 2 is 1.62 bits per heavy atom. The van der Waals surface area contributed by atoms with Crippen LogP contribution in [0, 0.1) is 0 Å². The van der Waals surface area contributed by atoms with Gasteiger partial charge >= 0.3 is 0 Å². The predicted molar refractivity (Wildman–Crippen MR) is 91.5 cm³/mol. The molecular weight excluding hydrogens is 326 g/mol. The fourth-order valence-electron chi connectivity index (χ4n) is 2.15. The van der Waals surface area contributed by atoms with Gasteiger partial charge < -0.3 is 10.5 Å². The van der Waals surface area contributed by atoms with Crippen LogP contribution in [0.25, 0.3) is 0 Å². The van der Waals surface area contributed by atoms with Crippen LogP contribution in [0.1, 0.15) is 37.5 Å². The maximum absolute atomic E-state index is 6.03. The van der Waals surface area contributed by atoms with Gasteiger partial charge in [-0.05, 0) is 34.7 Å². The van der Waals surface area contributed by atoms with Crippen molar-refractivity contribution in [1.82, 2.24) is 0 Å². The quantitative estimate of drug-likeness (QED) is 0.863. The summed E-state index contributed by atoms with van der Waals surface area (Å²) in [7, 11) is 0. The van der Waals surface area contributed by atoms with E-state index in [-0.39, 0.29) is 5.41 Å². The van der Waals surface area contributed by atoms with Crippen molar-refractivity contribution in [3.05, 3.63) is 63.6 Å². The third-order valence-corrected chi connectivity index (χ3v) is 3.90. The van der Waals surface area contributed by atoms with E-state index >= 15 is 0 Å². The Kier molecular flexibility index (Phi) is 5.07. The molecular formula is C18H22BrNO. The summed E-state index contributed by atoms with van der Waals surface area (Å²) in [6.07, 6.45) is 0. The van der Waals surface area contributed by atoms with E-state index in [2.05, 4.69) is 54.9 Å². The lowest BCUT2D eigenvalue weighted by Gasteiger charge is -2.23. The minimum Gasteiger partial charge on any atom is -0.489 e. The summed E-state index contributed by atoms with van der Waals surface area (Å²) < 4.78 is 7.10. The zero-order valence-corrected chi connectivity index (χ0v) is 14.4. The fourth-order valence-corrected chi connectivity index (χ4v) is 2.51. The van der Waals surface area contributed by atoms with Crippen LogP contribution in [0.5, 0.6) is 5.75 Å². The average molecular weight is 348 g/mol. The van der Waals surface area contributed by atoms with Crippen LogP contribution < -0.4 is 10.5 Å². The van der Waals surface area contributed by atoms with Crippen molar-refractivity contribution in [2.24, 2.45) is 5.73 Å². The van der Waals surface area contributed by atoms with Crippen LogP contribution >= 0.6 is 15.9 Å². The molecule has 21 heavy (non-hydrogen) atoms. The number of halogens is 1. The van der Waals surface area contributed by atoms with Gasteiger partial charge in [-0.1, -0.05) is 61.0 Å². The van der Waals surface area contributed by atoms with Crippen LogP contribution in [-0.4, -0.2) is 0 Å². The first-order chi connectivity index (χ1) is 9.90. The van der Waals surface area contributed by atoms with E-state index in [1.807, 2.05) is 24.3 Å². The Morgan fingerprint density at radius 3 is 2.19 bits per heavy atom. The van der Waals surface area contributed by atoms with Gasteiger partial charge in [-0.25, -0.2) is 0 Å². The Morgan fingerprint density at radius 1 is 1.00 bits per heavy atom. The predicted octanol–water partition coefficient (Wildman–Crippen LogP) is 4.78. The van der Waals surface area contributed by atoms with E-state index in [4.69, 9.17) is 10.5 Å². The zero-order valence-electron chi connectivity index (χ0n) is 12.8. The molecule has 2 rings (SSSR count). The lowest BCUT2D eigenvalue weighted by Crippen LogP contribution is -2.13. The van der Waals surface area contributed by atoms with Gasteiger partial charge in [-0.15, -0.1) is 0 Å². The Labute approximate surface area is 135 Å². The first-order valence-corrected chi connectivity index (χ1v) is 7.90. The summed E-state index contributed by atoms with van der Waals surface area (Å²) in [6.45, 7) is 7.71. The van der Waals surface area contributed by atoms with Gasteiger partial charge in [0.15, 0.2) is 0 Å². The van der Waals surface area contributed by atoms with E-state index in [9.17, 15) is 0 Å². The Hall–Kier alpha value is -1.32. The monoisotopic (exact) mass is 347 g/mol. The second kappa shape index (κ2) is 6.63. The molecule has 2 aromatic carbocycles. The van der Waals surface area contributed by atoms with Crippen molar-refractivity contribution >= 4 is 15.9 Å². The maximum Gasteiger partial charge on any atom is 0.123 e. The standard InChI is InChI=1S/C18H22BrNO/c1-18(2,3)16-10-15(19)8-9-17(16)21-12-14-6-4-13(11-20)5-7-14/h4-10H,11-12,20H2,1-3H3. The molecule has 2 nitrogen and oxygen atoms in total. The van der Waals surface area contributed by atoms with Gasteiger partial charge in [-0.2, -0.15) is 0 Å². The lowest BCUT2D eigenvalue weighted by atomic mass is 9.86. The third kappa shape index (κ3) is 4.32. The normalized spacial score (nSPS) is 11.5. The van der Waals surface area contributed by atoms with Crippen LogP contribution in [0.4, 0.5) is 0 Å². The molecule has 3 heteroatoms. The highest BCUT2D eigenvalue weighted by Gasteiger charge is 2.19. The largest absolute Gasteiger partial charge is 0.489 e. The van der Waals surface area contributed by atoms with E-state index in [1.165, 1.54) is 5.56 Å². The van der Waals surface area contributed by atoms with Gasteiger partial charge in [0, 0.05) is 16.6 Å². The number of hydrogen-bond donors (Lipinski definition) is 1. The van der Waals surface area contributed by atoms with Crippen LogP contribution in [0.3, 0.4) is 0 Å². The number of rotatable bonds is 4. The van der Waals surface area contributed by atoms with Crippen molar-refractivity contribution < 1.29 is 4.74 Å². The summed E-state index contributed by atoms with van der Waals surface area (Å²) >= 11 is 3.53. The van der Waals surface area contributed by atoms with Crippen molar-refractivity contribution in [2.75, 3.05) is 0 Å². The molecule has 112 valence electrons. The van der Waals surface area contributed by atoms with Gasteiger partial charge in [-0.3, -0.25) is 0 Å². The first-order valence-electron chi connectivity index (χ1n) is 7.11. The molecule has 0 saturated carbocycles. The van der Waals surface area contributed by atoms with Crippen LogP contribution in [0.15, 0.2) is 46.9 Å². The molecule has 0 aliphatic heterocycles. The first kappa shape index (κ1) is 16.1. The third-order valence-electron chi connectivity index (χ3n) is 3.40. The molecule has 0 unspecified atom stereocenters. The summed E-state index contributed by atoms with van der Waals surface area (Å²) in [5, 5.41) is 0. The van der Waals surface area contributed by atoms with Crippen molar-refractivity contribution in [3.63, 3.8) is 0 Å². The van der Waals surface area contributed by atoms with Crippen molar-refractivity contribution in [1.29, 1.82) is 0 Å². The van der Waals surface area contributed by atoms with E-state index in [1.54, 1.807) is 0 Å². The number of hydrogen-bond acceptors (Lipinski definition) is 2. The number of nitrogens with two attached hydrogens (primary N) is 1. The fraction of sp³-hybridized carbons (Fsp3) is 0.333. The minimum atomic E-state index is 0.0442. The Bertz CT molecular complexity index is 600. The highest BCUT2D eigenvalue weighted by molar-refractivity contribution is 9.10. The lowest BCUT2D eigenvalue weighted by molar-refractivity contribution is 0.297. The van der Waals surface area contributed by atoms with Gasteiger partial charge in [0.1, 0.15) is 12.4 Å². The van der Waals surface area contributed by atoms with Crippen LogP contribution in [-0.2, 0) is 18.6 Å². The molecule has 0 fully saturated rings. The molecule has 2 aromatic rings. The minimum absolute atomic E-state index is 0.0442. The van der Waals surface area contributed by atoms with Gasteiger partial charge in [0.2, 0.25) is 0 Å². The van der Waals surface area contributed by atoms with Crippen molar-refractivity contribution in [2.45, 2.75) is 39.3 Å². The highest BCUT2D eigenvalue weighted by atomic mass is 79.9. The molecule has 0 aliphatic rings. The van der Waals surface area contributed by atoms with Gasteiger partial charge in [0.25, 0.3) is 0 Å². The molecule has 2 N–H and O–H groups in total. The molecule has 0 aromatic heterocycles. The molecule has 0 atom stereocenters. The molecule has 0 saturated heterocycles. The van der Waals surface area contributed by atoms with E-state index in [0.29, 0.717) is 13.2 Å². The molecule has 0 heterocycles. The van der Waals surface area contributed by atoms with E-state index < -0.39 is 0 Å². The van der Waals surface area contributed by atoms with Crippen molar-refractivity contribution in [3.8, 4) is 5.75 Å². The molecule has 0 radical (unpaired) electrons. The Balaban J connectivity index is 2.15. The summed E-state index contributed by atoms with van der Waals surface area (Å²) in [5.41, 5.74) is 9.14. The highest BCUT2D eigenvalue weighted by Crippen LogP contribution is 2.34. The topological polar surface area (TPSA) is 35.2 Å². The number of ether oxygens (including phenoxy) is 1. The van der Waals surface area contributed by atoms with Gasteiger partial charge in [0.05, 0.1) is 0 Å². The summed E-state index contributed by atoms with van der Waals surface area (Å²) in [5.74, 6) is 0.939. The molecule has 0 amide bonds. The average Bonchev–Trinajstić information content (AvgIpc) is 2.45. The molecule has 0 aliphatic carbocycles. The summed E-state index contributed by atoms with van der Waals surface area (Å²) in [6, 6.07) is 14.4. The van der Waals surface area contributed by atoms with Crippen LogP contribution in [0.2, 0.25) is 0 Å². The van der Waals surface area contributed by atoms with E-state index in [0.717, 1.165) is 21.3 Å². The second-order valence-electron chi connectivity index (χ2n) is 6.20. The zero-order chi connectivity index (χ0) is 15.5. The SMILES string of the molecule is CC(C)(C)c1cc(Br)ccc1OCc1ccc(CN)cc1. The number of benzene rings is 2. The molecule has 0 bridgehead atoms.